The highest BCUT2D eigenvalue weighted by atomic mass is 16.3. The van der Waals surface area contributed by atoms with Crippen molar-refractivity contribution in [2.45, 2.75) is 6.10 Å². The highest BCUT2D eigenvalue weighted by Crippen LogP contribution is 2.15. The van der Waals surface area contributed by atoms with Gasteiger partial charge in [-0.3, -0.25) is 4.99 Å². The summed E-state index contributed by atoms with van der Waals surface area (Å²) in [5, 5.41) is 18.2. The molecule has 5 heteroatoms. The molecule has 1 aromatic rings. The lowest BCUT2D eigenvalue weighted by molar-refractivity contribution is 0.0765. The number of para-hydroxylation sites is 1. The Morgan fingerprint density at radius 3 is 2.76 bits per heavy atom. The molecule has 0 saturated heterocycles. The van der Waals surface area contributed by atoms with Crippen molar-refractivity contribution in [3.63, 3.8) is 0 Å². The Balaban J connectivity index is 1.98. The largest absolute Gasteiger partial charge is 0.394 e. The molecule has 0 radical (unpaired) electrons. The van der Waals surface area contributed by atoms with Crippen LogP contribution in [0.15, 0.2) is 35.3 Å². The van der Waals surface area contributed by atoms with E-state index in [-0.39, 0.29) is 6.61 Å². The topological polar surface area (TPSA) is 59.3 Å². The number of β-amino-alcohol motifs (C(OH)–C–C–N with tert-alkyl or cyclic N) is 1. The van der Waals surface area contributed by atoms with Crippen molar-refractivity contribution >= 4 is 12.0 Å². The summed E-state index contributed by atoms with van der Waals surface area (Å²) in [7, 11) is 0. The Kier molecular flexibility index (Phi) is 3.95. The molecule has 1 heterocycles. The van der Waals surface area contributed by atoms with E-state index in [2.05, 4.69) is 9.89 Å². The molecule has 1 unspecified atom stereocenters. The number of anilines is 1. The summed E-state index contributed by atoms with van der Waals surface area (Å²) in [6.07, 6.45) is 0.996. The van der Waals surface area contributed by atoms with Gasteiger partial charge in [0.25, 0.3) is 0 Å². The molecule has 0 aliphatic carbocycles. The number of aliphatic hydroxyl groups excluding tert-OH is 2. The van der Waals surface area contributed by atoms with Gasteiger partial charge < -0.3 is 20.0 Å². The average molecular weight is 235 g/mol. The Hall–Kier alpha value is -1.59. The number of nitrogens with zero attached hydrogens (tertiary/aromatic N) is 3. The fraction of sp³-hybridized carbons (Fsp3) is 0.417. The summed E-state index contributed by atoms with van der Waals surface area (Å²) in [5.74, 6) is 0. The van der Waals surface area contributed by atoms with Crippen molar-refractivity contribution in [3.05, 3.63) is 30.3 Å². The predicted octanol–water partition coefficient (Wildman–Crippen LogP) is 0.105. The van der Waals surface area contributed by atoms with Gasteiger partial charge >= 0.3 is 0 Å². The minimum atomic E-state index is -0.725. The van der Waals surface area contributed by atoms with Crippen molar-refractivity contribution in [1.82, 2.24) is 4.90 Å². The molecule has 0 saturated carbocycles. The van der Waals surface area contributed by atoms with E-state index in [0.717, 1.165) is 5.69 Å². The van der Waals surface area contributed by atoms with Crippen molar-refractivity contribution in [2.75, 3.05) is 31.4 Å². The van der Waals surface area contributed by atoms with Gasteiger partial charge in [-0.1, -0.05) is 18.2 Å². The van der Waals surface area contributed by atoms with E-state index >= 15 is 0 Å². The minimum Gasteiger partial charge on any atom is -0.394 e. The van der Waals surface area contributed by atoms with Gasteiger partial charge in [-0.15, -0.1) is 0 Å². The number of rotatable bonds is 4. The van der Waals surface area contributed by atoms with E-state index < -0.39 is 6.10 Å². The van der Waals surface area contributed by atoms with Gasteiger partial charge in [-0.25, -0.2) is 0 Å². The maximum absolute atomic E-state index is 9.40. The monoisotopic (exact) mass is 235 g/mol. The quantitative estimate of drug-likeness (QED) is 0.777. The molecule has 0 amide bonds. The first-order valence-electron chi connectivity index (χ1n) is 5.62. The van der Waals surface area contributed by atoms with Crippen LogP contribution in [0, 0.1) is 0 Å². The SMILES string of the molecule is OCC(O)CN1C=NCN(c2ccccc2)C1. The molecule has 17 heavy (non-hydrogen) atoms. The molecular formula is C12H17N3O2. The molecule has 2 N–H and O–H groups in total. The fourth-order valence-electron chi connectivity index (χ4n) is 1.79. The van der Waals surface area contributed by atoms with Crippen LogP contribution in [-0.4, -0.2) is 54.0 Å². The van der Waals surface area contributed by atoms with Crippen molar-refractivity contribution < 1.29 is 10.2 Å². The van der Waals surface area contributed by atoms with E-state index in [9.17, 15) is 5.11 Å². The minimum absolute atomic E-state index is 0.227. The predicted molar refractivity (Wildman–Crippen MR) is 66.9 cm³/mol. The number of aliphatic imine (C=N–C) groups is 1. The molecule has 5 nitrogen and oxygen atoms in total. The first-order valence-corrected chi connectivity index (χ1v) is 5.62. The zero-order valence-electron chi connectivity index (χ0n) is 9.61. The van der Waals surface area contributed by atoms with Crippen LogP contribution >= 0.6 is 0 Å². The molecule has 1 aliphatic heterocycles. The molecule has 92 valence electrons. The van der Waals surface area contributed by atoms with Crippen LogP contribution in [0.2, 0.25) is 0 Å². The molecule has 2 rings (SSSR count). The van der Waals surface area contributed by atoms with Crippen LogP contribution in [0.3, 0.4) is 0 Å². The second-order valence-electron chi connectivity index (χ2n) is 4.06. The van der Waals surface area contributed by atoms with Crippen molar-refractivity contribution in [2.24, 2.45) is 4.99 Å². The van der Waals surface area contributed by atoms with Gasteiger partial charge in [0.2, 0.25) is 0 Å². The van der Waals surface area contributed by atoms with Gasteiger partial charge in [-0.05, 0) is 12.1 Å². The molecule has 0 aromatic heterocycles. The Morgan fingerprint density at radius 1 is 1.29 bits per heavy atom. The molecular weight excluding hydrogens is 218 g/mol. The third kappa shape index (κ3) is 3.18. The van der Waals surface area contributed by atoms with Crippen LogP contribution in [0.5, 0.6) is 0 Å². The second kappa shape index (κ2) is 5.65. The summed E-state index contributed by atoms with van der Waals surface area (Å²) in [5.41, 5.74) is 1.10. The molecule has 0 fully saturated rings. The van der Waals surface area contributed by atoms with Crippen LogP contribution < -0.4 is 4.90 Å². The summed E-state index contributed by atoms with van der Waals surface area (Å²) in [6, 6.07) is 10.0. The zero-order chi connectivity index (χ0) is 12.1. The maximum atomic E-state index is 9.40. The van der Waals surface area contributed by atoms with Crippen molar-refractivity contribution in [3.8, 4) is 0 Å². The van der Waals surface area contributed by atoms with Crippen LogP contribution in [-0.2, 0) is 0 Å². The van der Waals surface area contributed by atoms with E-state index in [0.29, 0.717) is 19.9 Å². The summed E-state index contributed by atoms with van der Waals surface area (Å²) in [6.45, 7) is 1.46. The third-order valence-electron chi connectivity index (χ3n) is 2.63. The van der Waals surface area contributed by atoms with Gasteiger partial charge in [0.15, 0.2) is 0 Å². The lowest BCUT2D eigenvalue weighted by Crippen LogP contribution is -2.45. The zero-order valence-corrected chi connectivity index (χ0v) is 9.61. The van der Waals surface area contributed by atoms with Crippen LogP contribution in [0.4, 0.5) is 5.69 Å². The van der Waals surface area contributed by atoms with Crippen LogP contribution in [0.1, 0.15) is 0 Å². The first kappa shape index (κ1) is 11.9. The standard InChI is InChI=1S/C12H17N3O2/c16-7-12(17)6-14-8-13-9-15(10-14)11-4-2-1-3-5-11/h1-5,8,12,16-17H,6-7,9-10H2. The van der Waals surface area contributed by atoms with E-state index in [1.54, 1.807) is 6.34 Å². The molecule has 1 aromatic carbocycles. The maximum Gasteiger partial charge on any atom is 0.113 e. The summed E-state index contributed by atoms with van der Waals surface area (Å²) >= 11 is 0. The van der Waals surface area contributed by atoms with E-state index in [4.69, 9.17) is 5.11 Å². The Morgan fingerprint density at radius 2 is 2.06 bits per heavy atom. The molecule has 0 bridgehead atoms. The van der Waals surface area contributed by atoms with Gasteiger partial charge in [0.05, 0.1) is 25.7 Å². The van der Waals surface area contributed by atoms with Gasteiger partial charge in [0.1, 0.15) is 6.67 Å². The highest BCUT2D eigenvalue weighted by molar-refractivity contribution is 5.59. The van der Waals surface area contributed by atoms with Crippen LogP contribution in [0.25, 0.3) is 0 Å². The first-order chi connectivity index (χ1) is 8.29. The number of hydrogen-bond acceptors (Lipinski definition) is 5. The molecule has 1 atom stereocenters. The number of aliphatic hydroxyl groups is 2. The third-order valence-corrected chi connectivity index (χ3v) is 2.63. The highest BCUT2D eigenvalue weighted by Gasteiger charge is 2.15. The number of hydrogen-bond donors (Lipinski definition) is 2. The normalized spacial score (nSPS) is 17.3. The van der Waals surface area contributed by atoms with Gasteiger partial charge in [0, 0.05) is 12.2 Å². The second-order valence-corrected chi connectivity index (χ2v) is 4.06. The fourth-order valence-corrected chi connectivity index (χ4v) is 1.79. The Bertz CT molecular complexity index is 369. The summed E-state index contributed by atoms with van der Waals surface area (Å²) in [4.78, 5) is 8.23. The average Bonchev–Trinajstić information content (AvgIpc) is 2.40. The lowest BCUT2D eigenvalue weighted by Gasteiger charge is -2.34. The molecule has 1 aliphatic rings. The summed E-state index contributed by atoms with van der Waals surface area (Å²) < 4.78 is 0. The van der Waals surface area contributed by atoms with E-state index in [1.165, 1.54) is 0 Å². The lowest BCUT2D eigenvalue weighted by atomic mass is 10.3. The smallest absolute Gasteiger partial charge is 0.113 e. The molecule has 0 spiro atoms. The Labute approximate surface area is 101 Å². The van der Waals surface area contributed by atoms with Gasteiger partial charge in [-0.2, -0.15) is 0 Å². The van der Waals surface area contributed by atoms with E-state index in [1.807, 2.05) is 35.2 Å². The number of benzene rings is 1. The van der Waals surface area contributed by atoms with Crippen molar-refractivity contribution in [1.29, 1.82) is 0 Å².